The highest BCUT2D eigenvalue weighted by molar-refractivity contribution is 6.06. The van der Waals surface area contributed by atoms with E-state index < -0.39 is 0 Å². The smallest absolute Gasteiger partial charge is 0.257 e. The van der Waals surface area contributed by atoms with Gasteiger partial charge in [0.1, 0.15) is 0 Å². The fourth-order valence-corrected chi connectivity index (χ4v) is 3.35. The number of aromatic amines is 1. The lowest BCUT2D eigenvalue weighted by atomic mass is 10.1. The van der Waals surface area contributed by atoms with E-state index in [4.69, 9.17) is 0 Å². The topological polar surface area (TPSA) is 86.9 Å². The quantitative estimate of drug-likeness (QED) is 0.457. The van der Waals surface area contributed by atoms with Crippen molar-refractivity contribution in [2.75, 3.05) is 11.9 Å². The summed E-state index contributed by atoms with van der Waals surface area (Å²) in [5, 5.41) is 6.92. The molecule has 0 bridgehead atoms. The van der Waals surface area contributed by atoms with Crippen molar-refractivity contribution in [1.82, 2.24) is 15.3 Å². The average molecular weight is 398 g/mol. The van der Waals surface area contributed by atoms with Gasteiger partial charge in [-0.05, 0) is 42.7 Å². The number of pyridine rings is 1. The highest BCUT2D eigenvalue weighted by Crippen LogP contribution is 2.18. The van der Waals surface area contributed by atoms with E-state index in [2.05, 4.69) is 26.7 Å². The largest absolute Gasteiger partial charge is 0.361 e. The highest BCUT2D eigenvalue weighted by atomic mass is 16.2. The zero-order valence-electron chi connectivity index (χ0n) is 16.6. The maximum Gasteiger partial charge on any atom is 0.257 e. The molecule has 0 fully saturated rings. The fourth-order valence-electron chi connectivity index (χ4n) is 3.35. The number of nitrogens with zero attached hydrogens (tertiary/aromatic N) is 1. The molecule has 0 saturated heterocycles. The van der Waals surface area contributed by atoms with Gasteiger partial charge in [0, 0.05) is 41.7 Å². The van der Waals surface area contributed by atoms with Crippen LogP contribution in [0, 0.1) is 6.92 Å². The van der Waals surface area contributed by atoms with Gasteiger partial charge in [0.05, 0.1) is 11.1 Å². The van der Waals surface area contributed by atoms with Gasteiger partial charge in [-0.2, -0.15) is 0 Å². The van der Waals surface area contributed by atoms with Crippen LogP contribution in [-0.4, -0.2) is 28.3 Å². The van der Waals surface area contributed by atoms with E-state index in [9.17, 15) is 9.59 Å². The third kappa shape index (κ3) is 4.22. The standard InChI is InChI=1S/C24H22N4O2/c1-16-6-2-4-8-21(16)28-24(30)19-12-18(13-25-14-19)23(29)26-11-10-17-15-27-22-9-5-3-7-20(17)22/h2-9,12-15,27H,10-11H2,1H3,(H,26,29)(H,28,30). The molecule has 3 N–H and O–H groups in total. The number of anilines is 1. The number of carbonyl (C=O) groups excluding carboxylic acids is 2. The average Bonchev–Trinajstić information content (AvgIpc) is 3.18. The van der Waals surface area contributed by atoms with Gasteiger partial charge in [0.25, 0.3) is 11.8 Å². The number of amides is 2. The molecule has 0 unspecified atom stereocenters. The van der Waals surface area contributed by atoms with Crippen LogP contribution < -0.4 is 10.6 Å². The van der Waals surface area contributed by atoms with Crippen LogP contribution in [0.4, 0.5) is 5.69 Å². The van der Waals surface area contributed by atoms with Crippen molar-refractivity contribution < 1.29 is 9.59 Å². The Kier molecular flexibility index (Phi) is 5.57. The lowest BCUT2D eigenvalue weighted by molar-refractivity contribution is 0.0954. The second-order valence-electron chi connectivity index (χ2n) is 7.10. The molecule has 0 aliphatic rings. The molecule has 2 amide bonds. The van der Waals surface area contributed by atoms with Crippen LogP contribution in [0.3, 0.4) is 0 Å². The summed E-state index contributed by atoms with van der Waals surface area (Å²) in [7, 11) is 0. The lowest BCUT2D eigenvalue weighted by Crippen LogP contribution is -2.26. The van der Waals surface area contributed by atoms with Crippen molar-refractivity contribution in [2.45, 2.75) is 13.3 Å². The highest BCUT2D eigenvalue weighted by Gasteiger charge is 2.12. The van der Waals surface area contributed by atoms with Gasteiger partial charge in [-0.25, -0.2) is 0 Å². The first kappa shape index (κ1) is 19.4. The number of nitrogens with one attached hydrogen (secondary N) is 3. The molecular weight excluding hydrogens is 376 g/mol. The normalized spacial score (nSPS) is 10.7. The Morgan fingerprint density at radius 1 is 0.967 bits per heavy atom. The van der Waals surface area contributed by atoms with E-state index in [1.165, 1.54) is 12.4 Å². The molecule has 6 heteroatoms. The zero-order valence-corrected chi connectivity index (χ0v) is 16.6. The maximum absolute atomic E-state index is 12.5. The first-order valence-electron chi connectivity index (χ1n) is 9.77. The van der Waals surface area contributed by atoms with E-state index >= 15 is 0 Å². The second-order valence-corrected chi connectivity index (χ2v) is 7.10. The minimum Gasteiger partial charge on any atom is -0.361 e. The van der Waals surface area contributed by atoms with Crippen LogP contribution in [0.2, 0.25) is 0 Å². The van der Waals surface area contributed by atoms with Gasteiger partial charge < -0.3 is 15.6 Å². The van der Waals surface area contributed by atoms with Crippen LogP contribution in [0.25, 0.3) is 10.9 Å². The van der Waals surface area contributed by atoms with Crippen LogP contribution in [0.5, 0.6) is 0 Å². The monoisotopic (exact) mass is 398 g/mol. The van der Waals surface area contributed by atoms with E-state index in [-0.39, 0.29) is 11.8 Å². The van der Waals surface area contributed by atoms with Gasteiger partial charge in [-0.1, -0.05) is 36.4 Å². The number of carbonyl (C=O) groups is 2. The van der Waals surface area contributed by atoms with E-state index in [0.29, 0.717) is 24.1 Å². The first-order valence-corrected chi connectivity index (χ1v) is 9.77. The molecule has 4 aromatic rings. The molecule has 4 rings (SSSR count). The number of aryl methyl sites for hydroxylation is 1. The number of hydrogen-bond donors (Lipinski definition) is 3. The van der Waals surface area contributed by atoms with E-state index in [0.717, 1.165) is 27.7 Å². The molecule has 0 saturated carbocycles. The van der Waals surface area contributed by atoms with Gasteiger partial charge in [-0.15, -0.1) is 0 Å². The van der Waals surface area contributed by atoms with Crippen molar-refractivity contribution in [3.63, 3.8) is 0 Å². The third-order valence-electron chi connectivity index (χ3n) is 5.01. The molecule has 30 heavy (non-hydrogen) atoms. The summed E-state index contributed by atoms with van der Waals surface area (Å²) in [5.74, 6) is -0.557. The minimum atomic E-state index is -0.301. The Morgan fingerprint density at radius 3 is 2.53 bits per heavy atom. The first-order chi connectivity index (χ1) is 14.6. The molecule has 0 radical (unpaired) electrons. The van der Waals surface area contributed by atoms with Gasteiger partial charge in [0.15, 0.2) is 0 Å². The summed E-state index contributed by atoms with van der Waals surface area (Å²) in [4.78, 5) is 32.4. The molecule has 2 heterocycles. The van der Waals surface area contributed by atoms with Crippen molar-refractivity contribution in [3.05, 3.63) is 95.4 Å². The summed E-state index contributed by atoms with van der Waals surface area (Å²) >= 11 is 0. The van der Waals surface area contributed by atoms with Crippen molar-refractivity contribution >= 4 is 28.4 Å². The predicted octanol–water partition coefficient (Wildman–Crippen LogP) is 4.10. The molecule has 0 aliphatic carbocycles. The summed E-state index contributed by atoms with van der Waals surface area (Å²) < 4.78 is 0. The van der Waals surface area contributed by atoms with Crippen molar-refractivity contribution in [3.8, 4) is 0 Å². The van der Waals surface area contributed by atoms with Crippen LogP contribution in [-0.2, 0) is 6.42 Å². The number of fused-ring (bicyclic) bond motifs is 1. The number of benzene rings is 2. The van der Waals surface area contributed by atoms with Crippen LogP contribution >= 0.6 is 0 Å². The molecule has 0 aliphatic heterocycles. The van der Waals surface area contributed by atoms with Gasteiger partial charge in [0.2, 0.25) is 0 Å². The summed E-state index contributed by atoms with van der Waals surface area (Å²) in [6.45, 7) is 2.41. The number of para-hydroxylation sites is 2. The van der Waals surface area contributed by atoms with Gasteiger partial charge >= 0.3 is 0 Å². The molecule has 0 atom stereocenters. The fraction of sp³-hybridized carbons (Fsp3) is 0.125. The molecule has 6 nitrogen and oxygen atoms in total. The molecule has 150 valence electrons. The number of aromatic nitrogens is 2. The minimum absolute atomic E-state index is 0.257. The SMILES string of the molecule is Cc1ccccc1NC(=O)c1cncc(C(=O)NCCc2c[nH]c3ccccc23)c1. The predicted molar refractivity (Wildman–Crippen MR) is 118 cm³/mol. The second kappa shape index (κ2) is 8.61. The Hall–Kier alpha value is -3.93. The van der Waals surface area contributed by atoms with Crippen molar-refractivity contribution in [1.29, 1.82) is 0 Å². The molecule has 2 aromatic carbocycles. The Bertz CT molecular complexity index is 1210. The van der Waals surface area contributed by atoms with Crippen LogP contribution in [0.1, 0.15) is 31.8 Å². The third-order valence-corrected chi connectivity index (χ3v) is 5.01. The summed E-state index contributed by atoms with van der Waals surface area (Å²) in [6.07, 6.45) is 5.59. The van der Waals surface area contributed by atoms with Crippen LogP contribution in [0.15, 0.2) is 73.2 Å². The van der Waals surface area contributed by atoms with E-state index in [1.54, 1.807) is 6.07 Å². The number of rotatable bonds is 6. The Labute approximate surface area is 174 Å². The maximum atomic E-state index is 12.5. The summed E-state index contributed by atoms with van der Waals surface area (Å²) in [5.41, 5.74) is 4.61. The Morgan fingerprint density at radius 2 is 1.70 bits per heavy atom. The number of H-pyrrole nitrogens is 1. The van der Waals surface area contributed by atoms with Gasteiger partial charge in [-0.3, -0.25) is 14.6 Å². The molecule has 2 aromatic heterocycles. The zero-order chi connectivity index (χ0) is 20.9. The number of hydrogen-bond acceptors (Lipinski definition) is 3. The molecular formula is C24H22N4O2. The Balaban J connectivity index is 1.38. The van der Waals surface area contributed by atoms with E-state index in [1.807, 2.05) is 55.6 Å². The molecule has 0 spiro atoms. The lowest BCUT2D eigenvalue weighted by Gasteiger charge is -2.09. The summed E-state index contributed by atoms with van der Waals surface area (Å²) in [6, 6.07) is 17.2. The van der Waals surface area contributed by atoms with Crippen molar-refractivity contribution in [2.24, 2.45) is 0 Å².